The molecule has 43 heavy (non-hydrogen) atoms. The van der Waals surface area contributed by atoms with E-state index in [-0.39, 0.29) is 0 Å². The molecule has 0 unspecified atom stereocenters. The van der Waals surface area contributed by atoms with E-state index in [1.807, 2.05) is 11.3 Å². The summed E-state index contributed by atoms with van der Waals surface area (Å²) < 4.78 is 2.67. The molecule has 8 rings (SSSR count). The van der Waals surface area contributed by atoms with Crippen molar-refractivity contribution in [2.75, 3.05) is 0 Å². The Morgan fingerprint density at radius 3 is 2.28 bits per heavy atom. The highest BCUT2D eigenvalue weighted by Gasteiger charge is 2.17. The molecule has 2 heteroatoms. The Kier molecular flexibility index (Phi) is 6.24. The molecule has 0 saturated heterocycles. The van der Waals surface area contributed by atoms with E-state index in [9.17, 15) is 0 Å². The molecule has 0 amide bonds. The molecular weight excluding hydrogens is 539 g/mol. The summed E-state index contributed by atoms with van der Waals surface area (Å²) in [7, 11) is 0. The van der Waals surface area contributed by atoms with Crippen LogP contribution in [0.3, 0.4) is 0 Å². The lowest BCUT2D eigenvalue weighted by atomic mass is 9.84. The lowest BCUT2D eigenvalue weighted by Gasteiger charge is -2.20. The summed E-state index contributed by atoms with van der Waals surface area (Å²) in [5.41, 5.74) is 18.8. The van der Waals surface area contributed by atoms with Gasteiger partial charge in [0.05, 0.1) is 0 Å². The second-order valence-electron chi connectivity index (χ2n) is 11.5. The summed E-state index contributed by atoms with van der Waals surface area (Å²) >= 11 is 1.87. The Labute approximate surface area is 256 Å². The van der Waals surface area contributed by atoms with Gasteiger partial charge in [-0.15, -0.1) is 11.3 Å². The summed E-state index contributed by atoms with van der Waals surface area (Å²) in [6, 6.07) is 41.7. The predicted octanol–water partition coefficient (Wildman–Crippen LogP) is 11.3. The Morgan fingerprint density at radius 2 is 1.40 bits per heavy atom. The van der Waals surface area contributed by atoms with Gasteiger partial charge in [0.1, 0.15) is 0 Å². The van der Waals surface area contributed by atoms with Crippen LogP contribution in [0.15, 0.2) is 121 Å². The first-order chi connectivity index (χ1) is 21.2. The van der Waals surface area contributed by atoms with Gasteiger partial charge < -0.3 is 5.73 Å². The largest absolute Gasteiger partial charge is 0.398 e. The van der Waals surface area contributed by atoms with Crippen molar-refractivity contribution in [3.8, 4) is 22.3 Å². The van der Waals surface area contributed by atoms with Gasteiger partial charge in [-0.05, 0) is 105 Å². The van der Waals surface area contributed by atoms with Crippen molar-refractivity contribution < 1.29 is 0 Å². The van der Waals surface area contributed by atoms with Crippen molar-refractivity contribution in [3.63, 3.8) is 0 Å². The second kappa shape index (κ2) is 10.4. The average molecular weight is 570 g/mol. The smallest absolute Gasteiger partial charge is 0.0433 e. The highest BCUT2D eigenvalue weighted by molar-refractivity contribution is 7.26. The normalized spacial score (nSPS) is 13.2. The van der Waals surface area contributed by atoms with E-state index in [4.69, 9.17) is 5.73 Å². The molecule has 0 saturated carbocycles. The SMILES string of the molecule is Cc1c(/C=C(\N)c2cccc(-c3cccc(-c4cccc5c4sc4ccccc45)c3)c2)c2c(c3ccccc13)CCC=C2. The number of rotatable bonds is 4. The molecule has 6 aromatic carbocycles. The molecular formula is C41H31NS. The third-order valence-corrected chi connectivity index (χ3v) is 10.1. The molecule has 1 heterocycles. The number of allylic oxidation sites excluding steroid dienone is 1. The standard InChI is InChI=1S/C41H31NS/c1-26-31-15-2-3-16-33(31)34-17-4-5-18-35(34)38(26)25-39(42)30-14-9-12-28(24-30)27-11-8-13-29(23-27)32-20-10-21-37-36-19-6-7-22-40(36)43-41(32)37/h2-3,5-16,18-25H,4,17,42H2,1H3/b39-25-. The highest BCUT2D eigenvalue weighted by atomic mass is 32.1. The van der Waals surface area contributed by atoms with Gasteiger partial charge in [0.15, 0.2) is 0 Å². The van der Waals surface area contributed by atoms with Crippen LogP contribution in [-0.2, 0) is 6.42 Å². The number of nitrogens with two attached hydrogens (primary N) is 1. The van der Waals surface area contributed by atoms with E-state index in [1.165, 1.54) is 69.9 Å². The van der Waals surface area contributed by atoms with Crippen LogP contribution in [0.2, 0.25) is 0 Å². The molecule has 0 bridgehead atoms. The van der Waals surface area contributed by atoms with Gasteiger partial charge in [-0.3, -0.25) is 0 Å². The Hall–Kier alpha value is -4.92. The summed E-state index contributed by atoms with van der Waals surface area (Å²) in [6.07, 6.45) is 8.91. The lowest BCUT2D eigenvalue weighted by molar-refractivity contribution is 0.995. The molecule has 0 atom stereocenters. The molecule has 0 fully saturated rings. The first kappa shape index (κ1) is 25.8. The van der Waals surface area contributed by atoms with E-state index < -0.39 is 0 Å². The minimum atomic E-state index is 0.785. The van der Waals surface area contributed by atoms with Crippen molar-refractivity contribution in [3.05, 3.63) is 149 Å². The predicted molar refractivity (Wildman–Crippen MR) is 188 cm³/mol. The van der Waals surface area contributed by atoms with Crippen LogP contribution >= 0.6 is 11.3 Å². The van der Waals surface area contributed by atoms with E-state index in [2.05, 4.69) is 140 Å². The summed E-state index contributed by atoms with van der Waals surface area (Å²) in [5.74, 6) is 0. The van der Waals surface area contributed by atoms with Crippen LogP contribution in [0.1, 0.15) is 34.2 Å². The Bertz CT molecular complexity index is 2260. The topological polar surface area (TPSA) is 26.0 Å². The first-order valence-corrected chi connectivity index (χ1v) is 15.8. The zero-order valence-electron chi connectivity index (χ0n) is 24.1. The van der Waals surface area contributed by atoms with Crippen LogP contribution < -0.4 is 5.73 Å². The fraction of sp³-hybridized carbons (Fsp3) is 0.0732. The fourth-order valence-corrected chi connectivity index (χ4v) is 8.00. The van der Waals surface area contributed by atoms with Gasteiger partial charge in [0, 0.05) is 25.9 Å². The molecule has 0 spiro atoms. The average Bonchev–Trinajstić information content (AvgIpc) is 3.46. The van der Waals surface area contributed by atoms with Crippen molar-refractivity contribution in [1.82, 2.24) is 0 Å². The van der Waals surface area contributed by atoms with Crippen molar-refractivity contribution in [1.29, 1.82) is 0 Å². The van der Waals surface area contributed by atoms with Gasteiger partial charge in [0.25, 0.3) is 0 Å². The summed E-state index contributed by atoms with van der Waals surface area (Å²) in [6.45, 7) is 2.23. The molecule has 2 N–H and O–H groups in total. The quantitative estimate of drug-likeness (QED) is 0.210. The van der Waals surface area contributed by atoms with E-state index >= 15 is 0 Å². The van der Waals surface area contributed by atoms with Crippen molar-refractivity contribution in [2.24, 2.45) is 5.73 Å². The van der Waals surface area contributed by atoms with Crippen molar-refractivity contribution in [2.45, 2.75) is 19.8 Å². The minimum Gasteiger partial charge on any atom is -0.398 e. The van der Waals surface area contributed by atoms with Crippen LogP contribution in [0.25, 0.3) is 71.0 Å². The van der Waals surface area contributed by atoms with Crippen LogP contribution in [0, 0.1) is 6.92 Å². The summed E-state index contributed by atoms with van der Waals surface area (Å²) in [4.78, 5) is 0. The fourth-order valence-electron chi connectivity index (χ4n) is 6.76. The van der Waals surface area contributed by atoms with Gasteiger partial charge in [0.2, 0.25) is 0 Å². The highest BCUT2D eigenvalue weighted by Crippen LogP contribution is 2.41. The number of benzene rings is 6. The summed E-state index contributed by atoms with van der Waals surface area (Å²) in [5, 5.41) is 5.33. The molecule has 7 aromatic rings. The first-order valence-electron chi connectivity index (χ1n) is 14.9. The molecule has 1 nitrogen and oxygen atoms in total. The molecule has 0 radical (unpaired) electrons. The maximum atomic E-state index is 6.88. The van der Waals surface area contributed by atoms with Gasteiger partial charge >= 0.3 is 0 Å². The third-order valence-electron chi connectivity index (χ3n) is 8.93. The monoisotopic (exact) mass is 569 g/mol. The Balaban J connectivity index is 1.20. The van der Waals surface area contributed by atoms with E-state index in [0.29, 0.717) is 0 Å². The number of thiophene rings is 1. The zero-order valence-corrected chi connectivity index (χ0v) is 24.9. The third kappa shape index (κ3) is 4.38. The molecule has 1 aromatic heterocycles. The number of fused-ring (bicyclic) bond motifs is 6. The second-order valence-corrected chi connectivity index (χ2v) is 12.5. The van der Waals surface area contributed by atoms with Crippen LogP contribution in [0.4, 0.5) is 0 Å². The van der Waals surface area contributed by atoms with E-state index in [1.54, 1.807) is 0 Å². The molecule has 1 aliphatic rings. The lowest BCUT2D eigenvalue weighted by Crippen LogP contribution is -2.03. The molecule has 1 aliphatic carbocycles. The minimum absolute atomic E-state index is 0.785. The zero-order chi connectivity index (χ0) is 28.9. The van der Waals surface area contributed by atoms with Gasteiger partial charge in [-0.2, -0.15) is 0 Å². The Morgan fingerprint density at radius 1 is 0.698 bits per heavy atom. The van der Waals surface area contributed by atoms with Gasteiger partial charge in [-0.25, -0.2) is 0 Å². The number of aryl methyl sites for hydroxylation is 2. The van der Waals surface area contributed by atoms with Crippen LogP contribution in [0.5, 0.6) is 0 Å². The van der Waals surface area contributed by atoms with Crippen molar-refractivity contribution >= 4 is 60.1 Å². The van der Waals surface area contributed by atoms with Gasteiger partial charge in [-0.1, -0.05) is 109 Å². The molecule has 0 aliphatic heterocycles. The molecule has 206 valence electrons. The van der Waals surface area contributed by atoms with Crippen LogP contribution in [-0.4, -0.2) is 0 Å². The number of hydrogen-bond acceptors (Lipinski definition) is 2. The number of hydrogen-bond donors (Lipinski definition) is 1. The van der Waals surface area contributed by atoms with E-state index in [0.717, 1.165) is 29.7 Å². The maximum absolute atomic E-state index is 6.88. The maximum Gasteiger partial charge on any atom is 0.0433 e.